The van der Waals surface area contributed by atoms with Crippen molar-refractivity contribution in [1.82, 2.24) is 14.9 Å². The van der Waals surface area contributed by atoms with Crippen LogP contribution in [0.2, 0.25) is 0 Å². The molecule has 3 N–H and O–H groups in total. The summed E-state index contributed by atoms with van der Waals surface area (Å²) < 4.78 is 39.3. The molecule has 1 aliphatic carbocycles. The first-order valence-corrected chi connectivity index (χ1v) is 13.3. The predicted molar refractivity (Wildman–Crippen MR) is 154 cm³/mol. The minimum atomic E-state index is -5.08. The number of alkyl halides is 3. The number of carbonyl (C=O) groups is 2. The van der Waals surface area contributed by atoms with Crippen LogP contribution >= 0.6 is 0 Å². The number of carbonyl (C=O) groups excluding carboxylic acids is 1. The summed E-state index contributed by atoms with van der Waals surface area (Å²) in [5.41, 5.74) is 6.31. The van der Waals surface area contributed by atoms with Crippen LogP contribution in [0.5, 0.6) is 5.75 Å². The highest BCUT2D eigenvalue weighted by atomic mass is 19.4. The van der Waals surface area contributed by atoms with Crippen LogP contribution in [0.1, 0.15) is 34.0 Å². The van der Waals surface area contributed by atoms with Crippen molar-refractivity contribution >= 4 is 18.0 Å². The van der Waals surface area contributed by atoms with E-state index in [4.69, 9.17) is 14.6 Å². The summed E-state index contributed by atoms with van der Waals surface area (Å²) in [7, 11) is 1.63. The summed E-state index contributed by atoms with van der Waals surface area (Å²) in [6.45, 7) is 1.94. The molecule has 1 aromatic heterocycles. The highest BCUT2D eigenvalue weighted by Gasteiger charge is 2.38. The molecule has 8 nitrogen and oxygen atoms in total. The Morgan fingerprint density at radius 2 is 1.77 bits per heavy atom. The third kappa shape index (κ3) is 7.89. The van der Waals surface area contributed by atoms with Gasteiger partial charge in [-0.3, -0.25) is 4.79 Å². The average molecular weight is 594 g/mol. The van der Waals surface area contributed by atoms with Crippen LogP contribution in [0.4, 0.5) is 13.2 Å². The molecule has 11 heteroatoms. The van der Waals surface area contributed by atoms with Gasteiger partial charge >= 0.3 is 12.1 Å². The normalized spacial score (nSPS) is 16.1. The van der Waals surface area contributed by atoms with Crippen LogP contribution in [0.15, 0.2) is 90.9 Å². The summed E-state index contributed by atoms with van der Waals surface area (Å²) in [5, 5.41) is 20.9. The summed E-state index contributed by atoms with van der Waals surface area (Å²) in [6, 6.07) is 23.2. The molecule has 43 heavy (non-hydrogen) atoms. The van der Waals surface area contributed by atoms with E-state index >= 15 is 0 Å². The Bertz CT molecular complexity index is 1620. The van der Waals surface area contributed by atoms with E-state index in [-0.39, 0.29) is 5.91 Å². The van der Waals surface area contributed by atoms with Gasteiger partial charge in [-0.2, -0.15) is 13.2 Å². The van der Waals surface area contributed by atoms with Crippen molar-refractivity contribution in [2.45, 2.75) is 38.1 Å². The number of aliphatic hydroxyl groups is 1. The molecular weight excluding hydrogens is 563 g/mol. The van der Waals surface area contributed by atoms with Gasteiger partial charge in [0.25, 0.3) is 0 Å². The van der Waals surface area contributed by atoms with Crippen LogP contribution in [0.3, 0.4) is 0 Å². The fourth-order valence-electron chi connectivity index (χ4n) is 4.75. The molecule has 0 spiro atoms. The minimum Gasteiger partial charge on any atom is -0.495 e. The van der Waals surface area contributed by atoms with Crippen molar-refractivity contribution < 1.29 is 37.7 Å². The highest BCUT2D eigenvalue weighted by molar-refractivity contribution is 5.98. The highest BCUT2D eigenvalue weighted by Crippen LogP contribution is 2.32. The van der Waals surface area contributed by atoms with Gasteiger partial charge in [0, 0.05) is 24.6 Å². The number of aliphatic hydroxyl groups excluding tert-OH is 1. The van der Waals surface area contributed by atoms with Crippen molar-refractivity contribution in [3.63, 3.8) is 0 Å². The molecule has 1 heterocycles. The second-order valence-corrected chi connectivity index (χ2v) is 9.91. The topological polar surface area (TPSA) is 114 Å². The lowest BCUT2D eigenvalue weighted by atomic mass is 10.00. The van der Waals surface area contributed by atoms with Gasteiger partial charge in [-0.05, 0) is 47.4 Å². The number of aryl methyl sites for hydroxylation is 1. The smallest absolute Gasteiger partial charge is 0.490 e. The maximum atomic E-state index is 13.6. The Kier molecular flexibility index (Phi) is 9.66. The molecule has 0 aliphatic heterocycles. The standard InChI is InChI=1S/C30H29N3O3.C2HF3O2/c1-20-18-33(19-31-20)26-13-12-22(16-28(26)36-2)15-24(14-21-8-4-3-5-9-21)30(35)32-29-25-11-7-6-10-23(25)17-27(29)34;3-2(4,5)1(6)7/h3-13,15-16,18-19,27,29,34H,14,17H2,1-2H3,(H,32,35);(H,6,7)/b24-15+;/t27-,29+;/m0./s1. The van der Waals surface area contributed by atoms with E-state index in [1.165, 1.54) is 0 Å². The molecule has 0 unspecified atom stereocenters. The Labute approximate surface area is 246 Å². The van der Waals surface area contributed by atoms with Gasteiger partial charge in [0.1, 0.15) is 5.75 Å². The van der Waals surface area contributed by atoms with Gasteiger partial charge in [0.15, 0.2) is 0 Å². The lowest BCUT2D eigenvalue weighted by molar-refractivity contribution is -0.192. The van der Waals surface area contributed by atoms with E-state index in [1.54, 1.807) is 13.4 Å². The summed E-state index contributed by atoms with van der Waals surface area (Å²) in [4.78, 5) is 26.8. The van der Waals surface area contributed by atoms with Crippen molar-refractivity contribution in [2.24, 2.45) is 0 Å². The number of nitrogens with zero attached hydrogens (tertiary/aromatic N) is 2. The molecule has 0 bridgehead atoms. The first-order chi connectivity index (χ1) is 20.5. The van der Waals surface area contributed by atoms with Crippen molar-refractivity contribution in [3.8, 4) is 11.4 Å². The van der Waals surface area contributed by atoms with Crippen LogP contribution in [0.25, 0.3) is 11.8 Å². The van der Waals surface area contributed by atoms with E-state index in [0.717, 1.165) is 33.6 Å². The number of methoxy groups -OCH3 is 1. The number of ether oxygens (including phenoxy) is 1. The third-order valence-corrected chi connectivity index (χ3v) is 6.80. The first kappa shape index (κ1) is 31.0. The molecule has 224 valence electrons. The van der Waals surface area contributed by atoms with Gasteiger partial charge in [-0.1, -0.05) is 60.7 Å². The Hall–Kier alpha value is -4.90. The number of hydrogen-bond acceptors (Lipinski definition) is 5. The monoisotopic (exact) mass is 593 g/mol. The predicted octanol–water partition coefficient (Wildman–Crippen LogP) is 5.22. The summed E-state index contributed by atoms with van der Waals surface area (Å²) in [6.07, 6.45) is 0.838. The zero-order chi connectivity index (χ0) is 31.1. The lowest BCUT2D eigenvalue weighted by Crippen LogP contribution is -2.35. The van der Waals surface area contributed by atoms with Gasteiger partial charge in [0.2, 0.25) is 5.91 Å². The second kappa shape index (κ2) is 13.4. The first-order valence-electron chi connectivity index (χ1n) is 13.3. The molecular formula is C32H30F3N3O5. The fraction of sp³-hybridized carbons (Fsp3) is 0.219. The van der Waals surface area contributed by atoms with Crippen molar-refractivity contribution in [3.05, 3.63) is 119 Å². The van der Waals surface area contributed by atoms with Crippen LogP contribution in [-0.2, 0) is 22.4 Å². The Morgan fingerprint density at radius 1 is 1.09 bits per heavy atom. The van der Waals surface area contributed by atoms with Gasteiger partial charge in [-0.25, -0.2) is 9.78 Å². The maximum absolute atomic E-state index is 13.6. The fourth-order valence-corrected chi connectivity index (χ4v) is 4.75. The van der Waals surface area contributed by atoms with Crippen molar-refractivity contribution in [1.29, 1.82) is 0 Å². The number of amides is 1. The van der Waals surface area contributed by atoms with Gasteiger partial charge in [-0.15, -0.1) is 0 Å². The van der Waals surface area contributed by atoms with E-state index < -0.39 is 24.3 Å². The number of hydrogen-bond donors (Lipinski definition) is 3. The van der Waals surface area contributed by atoms with Gasteiger partial charge < -0.3 is 24.8 Å². The van der Waals surface area contributed by atoms with E-state index in [0.29, 0.717) is 24.2 Å². The summed E-state index contributed by atoms with van der Waals surface area (Å²) >= 11 is 0. The number of aromatic nitrogens is 2. The molecule has 0 saturated heterocycles. The molecule has 0 radical (unpaired) electrons. The molecule has 2 atom stereocenters. The SMILES string of the molecule is COc1cc(/C=C(\Cc2ccccc2)C(=O)N[C@@H]2c3ccccc3C[C@@H]2O)ccc1-n1cnc(C)c1.O=C(O)C(F)(F)F. The number of imidazole rings is 1. The number of aliphatic carboxylic acids is 1. The quantitative estimate of drug-likeness (QED) is 0.253. The molecule has 4 aromatic rings. The average Bonchev–Trinajstić information content (AvgIpc) is 3.55. The third-order valence-electron chi connectivity index (χ3n) is 6.80. The Morgan fingerprint density at radius 3 is 2.40 bits per heavy atom. The van der Waals surface area contributed by atoms with Gasteiger partial charge in [0.05, 0.1) is 37.0 Å². The number of halogens is 3. The lowest BCUT2D eigenvalue weighted by Gasteiger charge is -2.19. The summed E-state index contributed by atoms with van der Waals surface area (Å²) in [5.74, 6) is -2.28. The van der Waals surface area contributed by atoms with Crippen molar-refractivity contribution in [2.75, 3.05) is 7.11 Å². The zero-order valence-corrected chi connectivity index (χ0v) is 23.4. The van der Waals surface area contributed by atoms with E-state index in [1.807, 2.05) is 96.6 Å². The number of carboxylic acids is 1. The van der Waals surface area contributed by atoms with Crippen LogP contribution < -0.4 is 10.1 Å². The van der Waals surface area contributed by atoms with Crippen LogP contribution in [0, 0.1) is 6.92 Å². The van der Waals surface area contributed by atoms with E-state index in [2.05, 4.69) is 10.3 Å². The molecule has 3 aromatic carbocycles. The molecule has 5 rings (SSSR count). The number of rotatable bonds is 7. The molecule has 1 aliphatic rings. The molecule has 0 saturated carbocycles. The number of fused-ring (bicyclic) bond motifs is 1. The number of benzene rings is 3. The zero-order valence-electron chi connectivity index (χ0n) is 23.4. The second-order valence-electron chi connectivity index (χ2n) is 9.91. The minimum absolute atomic E-state index is 0.201. The number of carboxylic acid groups (broad SMARTS) is 1. The molecule has 0 fully saturated rings. The number of nitrogens with one attached hydrogen (secondary N) is 1. The maximum Gasteiger partial charge on any atom is 0.490 e. The largest absolute Gasteiger partial charge is 0.495 e. The van der Waals surface area contributed by atoms with Crippen LogP contribution in [-0.4, -0.2) is 51.0 Å². The Balaban J connectivity index is 0.000000541. The molecule has 1 amide bonds. The van der Waals surface area contributed by atoms with E-state index in [9.17, 15) is 23.1 Å².